The molecule has 0 aliphatic rings. The Morgan fingerprint density at radius 3 is 2.93 bits per heavy atom. The quantitative estimate of drug-likeness (QED) is 0.859. The molecule has 5 heteroatoms. The molecule has 1 rings (SSSR count). The molecule has 1 aromatic rings. The van der Waals surface area contributed by atoms with E-state index in [0.29, 0.717) is 6.54 Å². The smallest absolute Gasteiger partial charge is 0.407 e. The molecule has 0 fully saturated rings. The molecule has 0 saturated carbocycles. The molecule has 0 unspecified atom stereocenters. The second kappa shape index (κ2) is 5.70. The monoisotopic (exact) mass is 228 g/mol. The summed E-state index contributed by atoms with van der Waals surface area (Å²) in [6.07, 6.45) is 0.316. The van der Waals surface area contributed by atoms with Gasteiger partial charge < -0.3 is 10.1 Å². The lowest BCUT2D eigenvalue weighted by atomic mass is 10.4. The van der Waals surface area contributed by atoms with Gasteiger partial charge in [-0.1, -0.05) is 0 Å². The second-order valence-corrected chi connectivity index (χ2v) is 4.46. The summed E-state index contributed by atoms with van der Waals surface area (Å²) in [7, 11) is 0. The van der Waals surface area contributed by atoms with Gasteiger partial charge >= 0.3 is 6.09 Å². The minimum atomic E-state index is -0.363. The van der Waals surface area contributed by atoms with Crippen LogP contribution in [0.3, 0.4) is 0 Å². The number of carbonyl (C=O) groups excluding carboxylic acids is 1. The van der Waals surface area contributed by atoms with Gasteiger partial charge in [-0.05, 0) is 20.8 Å². The van der Waals surface area contributed by atoms with E-state index in [0.717, 1.165) is 17.1 Å². The molecule has 1 N–H and O–H groups in total. The van der Waals surface area contributed by atoms with E-state index in [4.69, 9.17) is 4.74 Å². The molecule has 0 aromatic carbocycles. The van der Waals surface area contributed by atoms with Crippen molar-refractivity contribution in [3.63, 3.8) is 0 Å². The van der Waals surface area contributed by atoms with Gasteiger partial charge in [-0.25, -0.2) is 9.78 Å². The van der Waals surface area contributed by atoms with E-state index in [-0.39, 0.29) is 12.2 Å². The average Bonchev–Trinajstić information content (AvgIpc) is 2.50. The van der Waals surface area contributed by atoms with Gasteiger partial charge in [-0.2, -0.15) is 0 Å². The summed E-state index contributed by atoms with van der Waals surface area (Å²) in [5.74, 6) is 0. The van der Waals surface area contributed by atoms with Crippen LogP contribution in [0.2, 0.25) is 0 Å². The minimum absolute atomic E-state index is 0.0768. The van der Waals surface area contributed by atoms with Crippen molar-refractivity contribution < 1.29 is 9.53 Å². The topological polar surface area (TPSA) is 51.2 Å². The number of nitrogens with one attached hydrogen (secondary N) is 1. The number of nitrogens with zero attached hydrogens (tertiary/aromatic N) is 1. The molecule has 0 atom stereocenters. The van der Waals surface area contributed by atoms with Gasteiger partial charge in [0.1, 0.15) is 0 Å². The van der Waals surface area contributed by atoms with Gasteiger partial charge in [0.15, 0.2) is 0 Å². The van der Waals surface area contributed by atoms with Gasteiger partial charge in [0.2, 0.25) is 0 Å². The standard InChI is InChI=1S/C10H16N2O2S/c1-7(2)14-10(13)11-5-4-9-12-8(3)6-15-9/h6-7H,4-5H2,1-3H3,(H,11,13). The summed E-state index contributed by atoms with van der Waals surface area (Å²) in [4.78, 5) is 15.4. The van der Waals surface area contributed by atoms with Gasteiger partial charge in [-0.3, -0.25) is 0 Å². The van der Waals surface area contributed by atoms with E-state index in [1.165, 1.54) is 0 Å². The maximum atomic E-state index is 11.1. The lowest BCUT2D eigenvalue weighted by molar-refractivity contribution is 0.116. The van der Waals surface area contributed by atoms with Crippen LogP contribution in [0.15, 0.2) is 5.38 Å². The molecule has 1 amide bonds. The Morgan fingerprint density at radius 2 is 2.40 bits per heavy atom. The van der Waals surface area contributed by atoms with Crippen molar-refractivity contribution in [2.75, 3.05) is 6.54 Å². The maximum Gasteiger partial charge on any atom is 0.407 e. The number of amides is 1. The highest BCUT2D eigenvalue weighted by atomic mass is 32.1. The van der Waals surface area contributed by atoms with E-state index >= 15 is 0 Å². The third-order valence-corrected chi connectivity index (χ3v) is 2.64. The average molecular weight is 228 g/mol. The Bertz CT molecular complexity index is 323. The number of hydrogen-bond acceptors (Lipinski definition) is 4. The molecule has 84 valence electrons. The van der Waals surface area contributed by atoms with E-state index in [9.17, 15) is 4.79 Å². The minimum Gasteiger partial charge on any atom is -0.447 e. The van der Waals surface area contributed by atoms with Crippen molar-refractivity contribution in [3.8, 4) is 0 Å². The first-order valence-electron chi connectivity index (χ1n) is 4.93. The van der Waals surface area contributed by atoms with Crippen LogP contribution in [0.25, 0.3) is 0 Å². The summed E-state index contributed by atoms with van der Waals surface area (Å²) in [5, 5.41) is 5.72. The number of rotatable bonds is 4. The highest BCUT2D eigenvalue weighted by Gasteiger charge is 2.04. The predicted molar refractivity (Wildman–Crippen MR) is 60.2 cm³/mol. The van der Waals surface area contributed by atoms with Gasteiger partial charge in [0.05, 0.1) is 11.1 Å². The zero-order valence-electron chi connectivity index (χ0n) is 9.24. The highest BCUT2D eigenvalue weighted by Crippen LogP contribution is 2.08. The van der Waals surface area contributed by atoms with Crippen molar-refractivity contribution in [2.45, 2.75) is 33.3 Å². The molecule has 0 aliphatic heterocycles. The van der Waals surface area contributed by atoms with Crippen molar-refractivity contribution in [2.24, 2.45) is 0 Å². The lowest BCUT2D eigenvalue weighted by Crippen LogP contribution is -2.28. The summed E-state index contributed by atoms with van der Waals surface area (Å²) in [6, 6.07) is 0. The number of aromatic nitrogens is 1. The van der Waals surface area contributed by atoms with Crippen LogP contribution in [0.1, 0.15) is 24.5 Å². The normalized spacial score (nSPS) is 10.4. The number of carbonyl (C=O) groups is 1. The SMILES string of the molecule is Cc1csc(CCNC(=O)OC(C)C)n1. The van der Waals surface area contributed by atoms with Crippen molar-refractivity contribution in [1.29, 1.82) is 0 Å². The first-order chi connectivity index (χ1) is 7.08. The molecule has 1 heterocycles. The fourth-order valence-electron chi connectivity index (χ4n) is 1.04. The summed E-state index contributed by atoms with van der Waals surface area (Å²) in [6.45, 7) is 6.17. The van der Waals surface area contributed by atoms with Crippen LogP contribution >= 0.6 is 11.3 Å². The number of thiazole rings is 1. The predicted octanol–water partition coefficient (Wildman–Crippen LogP) is 2.13. The third-order valence-electron chi connectivity index (χ3n) is 1.62. The fraction of sp³-hybridized carbons (Fsp3) is 0.600. The maximum absolute atomic E-state index is 11.1. The third kappa shape index (κ3) is 4.78. The summed E-state index contributed by atoms with van der Waals surface area (Å²) < 4.78 is 4.93. The Morgan fingerprint density at radius 1 is 1.67 bits per heavy atom. The lowest BCUT2D eigenvalue weighted by Gasteiger charge is -2.08. The van der Waals surface area contributed by atoms with Crippen LogP contribution in [0.4, 0.5) is 4.79 Å². The molecule has 1 aromatic heterocycles. The molecule has 0 saturated heterocycles. The van der Waals surface area contributed by atoms with E-state index < -0.39 is 0 Å². The van der Waals surface area contributed by atoms with Crippen LogP contribution < -0.4 is 5.32 Å². The number of hydrogen-bond donors (Lipinski definition) is 1. The zero-order valence-corrected chi connectivity index (χ0v) is 10.1. The Balaban J connectivity index is 2.19. The van der Waals surface area contributed by atoms with E-state index in [2.05, 4.69) is 10.3 Å². The van der Waals surface area contributed by atoms with Crippen molar-refractivity contribution in [1.82, 2.24) is 10.3 Å². The Hall–Kier alpha value is -1.10. The number of ether oxygens (including phenoxy) is 1. The fourth-order valence-corrected chi connectivity index (χ4v) is 1.82. The van der Waals surface area contributed by atoms with Gasteiger partial charge in [-0.15, -0.1) is 11.3 Å². The first-order valence-corrected chi connectivity index (χ1v) is 5.81. The van der Waals surface area contributed by atoms with Crippen molar-refractivity contribution >= 4 is 17.4 Å². The van der Waals surface area contributed by atoms with Crippen molar-refractivity contribution in [3.05, 3.63) is 16.1 Å². The molecular weight excluding hydrogens is 212 g/mol. The molecule has 0 spiro atoms. The van der Waals surface area contributed by atoms with E-state index in [1.54, 1.807) is 11.3 Å². The molecule has 4 nitrogen and oxygen atoms in total. The highest BCUT2D eigenvalue weighted by molar-refractivity contribution is 7.09. The number of alkyl carbamates (subject to hydrolysis) is 1. The number of aryl methyl sites for hydroxylation is 1. The first kappa shape index (κ1) is 12.0. The zero-order chi connectivity index (χ0) is 11.3. The summed E-state index contributed by atoms with van der Waals surface area (Å²) >= 11 is 1.61. The van der Waals surface area contributed by atoms with Crippen LogP contribution in [0, 0.1) is 6.92 Å². The van der Waals surface area contributed by atoms with Crippen LogP contribution in [-0.4, -0.2) is 23.7 Å². The summed E-state index contributed by atoms with van der Waals surface area (Å²) in [5.41, 5.74) is 1.03. The Kier molecular flexibility index (Phi) is 4.55. The molecular formula is C10H16N2O2S. The van der Waals surface area contributed by atoms with Crippen LogP contribution in [-0.2, 0) is 11.2 Å². The van der Waals surface area contributed by atoms with Crippen LogP contribution in [0.5, 0.6) is 0 Å². The largest absolute Gasteiger partial charge is 0.447 e. The van der Waals surface area contributed by atoms with Gasteiger partial charge in [0, 0.05) is 24.0 Å². The molecule has 0 aliphatic carbocycles. The molecule has 0 bridgehead atoms. The molecule has 15 heavy (non-hydrogen) atoms. The molecule has 0 radical (unpaired) electrons. The van der Waals surface area contributed by atoms with E-state index in [1.807, 2.05) is 26.2 Å². The second-order valence-electron chi connectivity index (χ2n) is 3.51. The Labute approximate surface area is 93.7 Å². The van der Waals surface area contributed by atoms with Gasteiger partial charge in [0.25, 0.3) is 0 Å².